The highest BCUT2D eigenvalue weighted by atomic mass is 16.5. The quantitative estimate of drug-likeness (QED) is 0.705. The number of pyridine rings is 1. The Morgan fingerprint density at radius 1 is 0.893 bits per heavy atom. The minimum absolute atomic E-state index is 0.214. The van der Waals surface area contributed by atoms with Crippen LogP contribution in [0.1, 0.15) is 10.4 Å². The number of nitrogens with one attached hydrogen (secondary N) is 1. The van der Waals surface area contributed by atoms with E-state index in [9.17, 15) is 4.79 Å². The SMILES string of the molecule is CNC(=O)c1cc(-c2cc(OC)c(OC)c(OC)c2)nc2ccc(OC)cc12. The van der Waals surface area contributed by atoms with E-state index in [0.717, 1.165) is 5.56 Å². The summed E-state index contributed by atoms with van der Waals surface area (Å²) in [6.45, 7) is 0. The van der Waals surface area contributed by atoms with Crippen molar-refractivity contribution in [3.8, 4) is 34.3 Å². The van der Waals surface area contributed by atoms with E-state index >= 15 is 0 Å². The number of nitrogens with zero attached hydrogens (tertiary/aromatic N) is 1. The molecule has 1 aromatic heterocycles. The van der Waals surface area contributed by atoms with Crippen LogP contribution in [0.2, 0.25) is 0 Å². The molecule has 3 rings (SSSR count). The molecular weight excluding hydrogens is 360 g/mol. The second-order valence-corrected chi connectivity index (χ2v) is 5.93. The molecule has 2 aromatic carbocycles. The van der Waals surface area contributed by atoms with Crippen LogP contribution >= 0.6 is 0 Å². The fraction of sp³-hybridized carbons (Fsp3) is 0.238. The van der Waals surface area contributed by atoms with E-state index in [0.29, 0.717) is 45.2 Å². The molecule has 7 nitrogen and oxygen atoms in total. The molecular formula is C21H22N2O5. The molecule has 1 amide bonds. The van der Waals surface area contributed by atoms with Crippen LogP contribution in [0.4, 0.5) is 0 Å². The van der Waals surface area contributed by atoms with Crippen molar-refractivity contribution in [1.82, 2.24) is 10.3 Å². The molecule has 3 aromatic rings. The standard InChI is InChI=1S/C21H22N2O5/c1-22-21(24)15-11-17(23-16-7-6-13(25-2)10-14(15)16)12-8-18(26-3)20(28-5)19(9-12)27-4/h6-11H,1-5H3,(H,22,24). The molecule has 146 valence electrons. The van der Waals surface area contributed by atoms with Gasteiger partial charge in [-0.25, -0.2) is 4.98 Å². The lowest BCUT2D eigenvalue weighted by molar-refractivity contribution is 0.0964. The van der Waals surface area contributed by atoms with Crippen molar-refractivity contribution in [2.75, 3.05) is 35.5 Å². The summed E-state index contributed by atoms with van der Waals surface area (Å²) in [5.74, 6) is 1.95. The first-order valence-corrected chi connectivity index (χ1v) is 8.57. The largest absolute Gasteiger partial charge is 0.497 e. The van der Waals surface area contributed by atoms with Crippen molar-refractivity contribution in [3.63, 3.8) is 0 Å². The van der Waals surface area contributed by atoms with Crippen LogP contribution in [0, 0.1) is 0 Å². The number of rotatable bonds is 6. The van der Waals surface area contributed by atoms with Gasteiger partial charge in [0.1, 0.15) is 5.75 Å². The minimum Gasteiger partial charge on any atom is -0.497 e. The zero-order chi connectivity index (χ0) is 20.3. The van der Waals surface area contributed by atoms with Gasteiger partial charge < -0.3 is 24.3 Å². The van der Waals surface area contributed by atoms with Crippen LogP contribution in [0.3, 0.4) is 0 Å². The van der Waals surface area contributed by atoms with Crippen molar-refractivity contribution in [1.29, 1.82) is 0 Å². The van der Waals surface area contributed by atoms with Crippen molar-refractivity contribution in [2.24, 2.45) is 0 Å². The third kappa shape index (κ3) is 3.38. The lowest BCUT2D eigenvalue weighted by Gasteiger charge is -2.15. The van der Waals surface area contributed by atoms with Gasteiger partial charge in [-0.1, -0.05) is 0 Å². The topological polar surface area (TPSA) is 78.9 Å². The zero-order valence-electron chi connectivity index (χ0n) is 16.5. The van der Waals surface area contributed by atoms with Crippen LogP contribution < -0.4 is 24.3 Å². The number of aromatic nitrogens is 1. The summed E-state index contributed by atoms with van der Waals surface area (Å²) < 4.78 is 21.5. The molecule has 0 saturated heterocycles. The van der Waals surface area contributed by atoms with Crippen LogP contribution in [0.25, 0.3) is 22.2 Å². The van der Waals surface area contributed by atoms with E-state index in [1.54, 1.807) is 59.8 Å². The molecule has 0 bridgehead atoms. The molecule has 0 aliphatic carbocycles. The highest BCUT2D eigenvalue weighted by Crippen LogP contribution is 2.41. The van der Waals surface area contributed by atoms with E-state index in [2.05, 4.69) is 5.32 Å². The third-order valence-electron chi connectivity index (χ3n) is 4.45. The van der Waals surface area contributed by atoms with Crippen LogP contribution in [0.15, 0.2) is 36.4 Å². The van der Waals surface area contributed by atoms with Gasteiger partial charge in [-0.3, -0.25) is 4.79 Å². The van der Waals surface area contributed by atoms with Gasteiger partial charge >= 0.3 is 0 Å². The second-order valence-electron chi connectivity index (χ2n) is 5.93. The van der Waals surface area contributed by atoms with Gasteiger partial charge in [0.15, 0.2) is 11.5 Å². The van der Waals surface area contributed by atoms with Crippen molar-refractivity contribution in [3.05, 3.63) is 42.0 Å². The smallest absolute Gasteiger partial charge is 0.251 e. The number of carbonyl (C=O) groups excluding carboxylic acids is 1. The molecule has 0 aliphatic heterocycles. The molecule has 0 saturated carbocycles. The molecule has 1 heterocycles. The number of methoxy groups -OCH3 is 4. The summed E-state index contributed by atoms with van der Waals surface area (Å²) in [4.78, 5) is 17.2. The van der Waals surface area contributed by atoms with Crippen LogP contribution in [-0.2, 0) is 0 Å². The Morgan fingerprint density at radius 2 is 1.57 bits per heavy atom. The normalized spacial score (nSPS) is 10.5. The van der Waals surface area contributed by atoms with Gasteiger partial charge in [0.05, 0.1) is 45.2 Å². The summed E-state index contributed by atoms with van der Waals surface area (Å²) >= 11 is 0. The monoisotopic (exact) mass is 382 g/mol. The first kappa shape index (κ1) is 19.3. The van der Waals surface area contributed by atoms with E-state index in [1.165, 1.54) is 0 Å². The Kier molecular flexibility index (Phi) is 5.54. The number of ether oxygens (including phenoxy) is 4. The predicted octanol–water partition coefficient (Wildman–Crippen LogP) is 3.30. The number of hydrogen-bond acceptors (Lipinski definition) is 6. The minimum atomic E-state index is -0.214. The number of benzene rings is 2. The molecule has 0 unspecified atom stereocenters. The first-order valence-electron chi connectivity index (χ1n) is 8.57. The first-order chi connectivity index (χ1) is 13.6. The Bertz CT molecular complexity index is 1010. The summed E-state index contributed by atoms with van der Waals surface area (Å²) in [5.41, 5.74) is 2.51. The lowest BCUT2D eigenvalue weighted by atomic mass is 10.0. The molecule has 1 N–H and O–H groups in total. The lowest BCUT2D eigenvalue weighted by Crippen LogP contribution is -2.18. The van der Waals surface area contributed by atoms with Crippen LogP contribution in [0.5, 0.6) is 23.0 Å². The number of fused-ring (bicyclic) bond motifs is 1. The summed E-state index contributed by atoms with van der Waals surface area (Å²) in [7, 11) is 7.83. The molecule has 28 heavy (non-hydrogen) atoms. The molecule has 0 radical (unpaired) electrons. The zero-order valence-corrected chi connectivity index (χ0v) is 16.5. The summed E-state index contributed by atoms with van der Waals surface area (Å²) in [6, 6.07) is 10.8. The molecule has 7 heteroatoms. The van der Waals surface area contributed by atoms with E-state index < -0.39 is 0 Å². The average molecular weight is 382 g/mol. The second kappa shape index (κ2) is 8.04. The third-order valence-corrected chi connectivity index (χ3v) is 4.45. The Hall–Kier alpha value is -3.48. The van der Waals surface area contributed by atoms with Crippen molar-refractivity contribution in [2.45, 2.75) is 0 Å². The summed E-state index contributed by atoms with van der Waals surface area (Å²) in [5, 5.41) is 3.38. The number of hydrogen-bond donors (Lipinski definition) is 1. The van der Waals surface area contributed by atoms with E-state index in [1.807, 2.05) is 12.1 Å². The van der Waals surface area contributed by atoms with Crippen LogP contribution in [-0.4, -0.2) is 46.4 Å². The van der Waals surface area contributed by atoms with Crippen molar-refractivity contribution >= 4 is 16.8 Å². The van der Waals surface area contributed by atoms with Crippen molar-refractivity contribution < 1.29 is 23.7 Å². The van der Waals surface area contributed by atoms with Gasteiger partial charge in [0.2, 0.25) is 5.75 Å². The van der Waals surface area contributed by atoms with Gasteiger partial charge in [0, 0.05) is 18.0 Å². The maximum atomic E-state index is 12.5. The van der Waals surface area contributed by atoms with Gasteiger partial charge in [-0.05, 0) is 36.4 Å². The molecule has 0 atom stereocenters. The maximum Gasteiger partial charge on any atom is 0.251 e. The van der Waals surface area contributed by atoms with Gasteiger partial charge in [-0.15, -0.1) is 0 Å². The highest BCUT2D eigenvalue weighted by molar-refractivity contribution is 6.07. The molecule has 0 spiro atoms. The average Bonchev–Trinajstić information content (AvgIpc) is 2.76. The van der Waals surface area contributed by atoms with Gasteiger partial charge in [0.25, 0.3) is 5.91 Å². The molecule has 0 aliphatic rings. The van der Waals surface area contributed by atoms with E-state index in [4.69, 9.17) is 23.9 Å². The Morgan fingerprint density at radius 3 is 2.11 bits per heavy atom. The Labute approximate surface area is 163 Å². The summed E-state index contributed by atoms with van der Waals surface area (Å²) in [6.07, 6.45) is 0. The highest BCUT2D eigenvalue weighted by Gasteiger charge is 2.18. The predicted molar refractivity (Wildman–Crippen MR) is 107 cm³/mol. The fourth-order valence-corrected chi connectivity index (χ4v) is 3.03. The molecule has 0 fully saturated rings. The number of amides is 1. The Balaban J connectivity index is 2.28. The van der Waals surface area contributed by atoms with E-state index in [-0.39, 0.29) is 5.91 Å². The maximum absolute atomic E-state index is 12.5. The van der Waals surface area contributed by atoms with Gasteiger partial charge in [-0.2, -0.15) is 0 Å². The number of carbonyl (C=O) groups is 1. The fourth-order valence-electron chi connectivity index (χ4n) is 3.03.